The van der Waals surface area contributed by atoms with E-state index in [1.165, 1.54) is 6.07 Å². The second-order valence-corrected chi connectivity index (χ2v) is 4.07. The van der Waals surface area contributed by atoms with Gasteiger partial charge in [-0.25, -0.2) is 18.7 Å². The van der Waals surface area contributed by atoms with Crippen LogP contribution in [-0.2, 0) is 0 Å². The molecule has 0 aliphatic heterocycles. The maximum atomic E-state index is 13.7. The van der Waals surface area contributed by atoms with Crippen molar-refractivity contribution in [3.05, 3.63) is 54.1 Å². The molecule has 0 unspecified atom stereocenters. The molecule has 3 nitrogen and oxygen atoms in total. The van der Waals surface area contributed by atoms with Crippen LogP contribution in [0.4, 0.5) is 14.6 Å². The van der Waals surface area contributed by atoms with Crippen molar-refractivity contribution in [1.29, 1.82) is 0 Å². The standard InChI is InChI=1S/C14H9F2N3/c15-8-5-6-9(11(16)7-8)14-18-12-4-2-1-3-10(12)13(17)19-14/h1-7H,(H2,17,18,19). The number of nitrogens with zero attached hydrogens (tertiary/aromatic N) is 2. The minimum Gasteiger partial charge on any atom is -0.383 e. The van der Waals surface area contributed by atoms with Gasteiger partial charge in [0, 0.05) is 11.5 Å². The van der Waals surface area contributed by atoms with Crippen molar-refractivity contribution in [2.75, 3.05) is 5.73 Å². The van der Waals surface area contributed by atoms with E-state index in [9.17, 15) is 8.78 Å². The minimum absolute atomic E-state index is 0.124. The molecule has 2 N–H and O–H groups in total. The molecule has 94 valence electrons. The maximum absolute atomic E-state index is 13.7. The number of benzene rings is 2. The van der Waals surface area contributed by atoms with Crippen LogP contribution in [0, 0.1) is 11.6 Å². The van der Waals surface area contributed by atoms with E-state index >= 15 is 0 Å². The Morgan fingerprint density at radius 1 is 0.947 bits per heavy atom. The average Bonchev–Trinajstić information content (AvgIpc) is 2.38. The van der Waals surface area contributed by atoms with E-state index in [4.69, 9.17) is 5.73 Å². The molecule has 0 aliphatic carbocycles. The van der Waals surface area contributed by atoms with Crippen LogP contribution in [-0.4, -0.2) is 9.97 Å². The Morgan fingerprint density at radius 2 is 1.74 bits per heavy atom. The first-order valence-electron chi connectivity index (χ1n) is 5.63. The number of hydrogen-bond donors (Lipinski definition) is 1. The van der Waals surface area contributed by atoms with Gasteiger partial charge in [-0.2, -0.15) is 0 Å². The lowest BCUT2D eigenvalue weighted by Crippen LogP contribution is -1.99. The van der Waals surface area contributed by atoms with Gasteiger partial charge in [0.05, 0.1) is 11.1 Å². The lowest BCUT2D eigenvalue weighted by molar-refractivity contribution is 0.585. The molecule has 0 saturated carbocycles. The molecule has 0 atom stereocenters. The van der Waals surface area contributed by atoms with Crippen LogP contribution in [0.25, 0.3) is 22.3 Å². The zero-order chi connectivity index (χ0) is 13.4. The highest BCUT2D eigenvalue weighted by molar-refractivity contribution is 5.89. The monoisotopic (exact) mass is 257 g/mol. The number of fused-ring (bicyclic) bond motifs is 1. The molecule has 2 aromatic carbocycles. The number of nitrogen functional groups attached to an aromatic ring is 1. The number of nitrogens with two attached hydrogens (primary N) is 1. The molecule has 0 saturated heterocycles. The van der Waals surface area contributed by atoms with Gasteiger partial charge in [-0.05, 0) is 24.3 Å². The third kappa shape index (κ3) is 1.99. The fourth-order valence-electron chi connectivity index (χ4n) is 1.89. The Morgan fingerprint density at radius 3 is 2.53 bits per heavy atom. The van der Waals surface area contributed by atoms with E-state index in [1.807, 2.05) is 6.07 Å². The van der Waals surface area contributed by atoms with Crippen LogP contribution >= 0.6 is 0 Å². The van der Waals surface area contributed by atoms with Crippen LogP contribution in [0.1, 0.15) is 0 Å². The quantitative estimate of drug-likeness (QED) is 0.728. The lowest BCUT2D eigenvalue weighted by atomic mass is 10.1. The summed E-state index contributed by atoms with van der Waals surface area (Å²) in [5.74, 6) is -0.942. The van der Waals surface area contributed by atoms with Gasteiger partial charge in [-0.15, -0.1) is 0 Å². The molecule has 1 aromatic heterocycles. The van der Waals surface area contributed by atoms with Gasteiger partial charge in [0.1, 0.15) is 17.5 Å². The van der Waals surface area contributed by atoms with Crippen molar-refractivity contribution < 1.29 is 8.78 Å². The highest BCUT2D eigenvalue weighted by Crippen LogP contribution is 2.25. The van der Waals surface area contributed by atoms with Crippen LogP contribution in [0.2, 0.25) is 0 Å². The van der Waals surface area contributed by atoms with Gasteiger partial charge in [0.25, 0.3) is 0 Å². The first kappa shape index (κ1) is 11.5. The molecule has 3 aromatic rings. The summed E-state index contributed by atoms with van der Waals surface area (Å²) in [5, 5.41) is 0.703. The number of anilines is 1. The molecule has 0 bridgehead atoms. The highest BCUT2D eigenvalue weighted by atomic mass is 19.1. The van der Waals surface area contributed by atoms with Crippen molar-refractivity contribution in [3.8, 4) is 11.4 Å². The predicted octanol–water partition coefficient (Wildman–Crippen LogP) is 3.16. The number of rotatable bonds is 1. The summed E-state index contributed by atoms with van der Waals surface area (Å²) >= 11 is 0. The second-order valence-electron chi connectivity index (χ2n) is 4.07. The largest absolute Gasteiger partial charge is 0.383 e. The fourth-order valence-corrected chi connectivity index (χ4v) is 1.89. The van der Waals surface area contributed by atoms with Crippen LogP contribution in [0.5, 0.6) is 0 Å². The van der Waals surface area contributed by atoms with E-state index in [2.05, 4.69) is 9.97 Å². The summed E-state index contributed by atoms with van der Waals surface area (Å²) in [4.78, 5) is 8.31. The Balaban J connectivity index is 2.25. The van der Waals surface area contributed by atoms with Gasteiger partial charge in [0.15, 0.2) is 5.82 Å². The first-order valence-corrected chi connectivity index (χ1v) is 5.63. The van der Waals surface area contributed by atoms with Crippen molar-refractivity contribution in [2.45, 2.75) is 0 Å². The molecule has 0 spiro atoms. The SMILES string of the molecule is Nc1nc(-c2ccc(F)cc2F)nc2ccccc12. The fraction of sp³-hybridized carbons (Fsp3) is 0. The molecule has 0 radical (unpaired) electrons. The molecule has 19 heavy (non-hydrogen) atoms. The van der Waals surface area contributed by atoms with E-state index in [-0.39, 0.29) is 17.2 Å². The van der Waals surface area contributed by atoms with Crippen molar-refractivity contribution in [3.63, 3.8) is 0 Å². The molecule has 0 aliphatic rings. The normalized spacial score (nSPS) is 10.8. The smallest absolute Gasteiger partial charge is 0.165 e. The molecular formula is C14H9F2N3. The Kier molecular flexibility index (Phi) is 2.59. The number of aromatic nitrogens is 2. The molecule has 3 rings (SSSR count). The summed E-state index contributed by atoms with van der Waals surface area (Å²) in [6.07, 6.45) is 0. The number of hydrogen-bond acceptors (Lipinski definition) is 3. The zero-order valence-electron chi connectivity index (χ0n) is 9.77. The average molecular weight is 257 g/mol. The van der Waals surface area contributed by atoms with Gasteiger partial charge >= 0.3 is 0 Å². The zero-order valence-corrected chi connectivity index (χ0v) is 9.77. The molecule has 0 fully saturated rings. The van der Waals surface area contributed by atoms with E-state index in [0.717, 1.165) is 12.1 Å². The first-order chi connectivity index (χ1) is 9.15. The highest BCUT2D eigenvalue weighted by Gasteiger charge is 2.11. The predicted molar refractivity (Wildman–Crippen MR) is 69.3 cm³/mol. The number of halogens is 2. The lowest BCUT2D eigenvalue weighted by Gasteiger charge is -2.06. The third-order valence-electron chi connectivity index (χ3n) is 2.80. The van der Waals surface area contributed by atoms with E-state index < -0.39 is 11.6 Å². The summed E-state index contributed by atoms with van der Waals surface area (Å²) in [7, 11) is 0. The Hall–Kier alpha value is -2.56. The Labute approximate surface area is 107 Å². The summed E-state index contributed by atoms with van der Waals surface area (Å²) in [5.41, 5.74) is 6.57. The van der Waals surface area contributed by atoms with Gasteiger partial charge in [-0.1, -0.05) is 12.1 Å². The van der Waals surface area contributed by atoms with Crippen molar-refractivity contribution in [1.82, 2.24) is 9.97 Å². The number of para-hydroxylation sites is 1. The Bertz CT molecular complexity index is 772. The van der Waals surface area contributed by atoms with Crippen LogP contribution in [0.3, 0.4) is 0 Å². The van der Waals surface area contributed by atoms with Gasteiger partial charge < -0.3 is 5.73 Å². The second kappa shape index (κ2) is 4.28. The minimum atomic E-state index is -0.713. The summed E-state index contributed by atoms with van der Waals surface area (Å²) in [6, 6.07) is 10.4. The van der Waals surface area contributed by atoms with Crippen molar-refractivity contribution in [2.24, 2.45) is 0 Å². The summed E-state index contributed by atoms with van der Waals surface area (Å²) in [6.45, 7) is 0. The van der Waals surface area contributed by atoms with E-state index in [0.29, 0.717) is 10.9 Å². The summed E-state index contributed by atoms with van der Waals surface area (Å²) < 4.78 is 26.6. The molecular weight excluding hydrogens is 248 g/mol. The molecule has 1 heterocycles. The molecule has 5 heteroatoms. The topological polar surface area (TPSA) is 51.8 Å². The van der Waals surface area contributed by atoms with Crippen LogP contribution < -0.4 is 5.73 Å². The molecule has 0 amide bonds. The third-order valence-corrected chi connectivity index (χ3v) is 2.80. The van der Waals surface area contributed by atoms with E-state index in [1.54, 1.807) is 18.2 Å². The van der Waals surface area contributed by atoms with Crippen LogP contribution in [0.15, 0.2) is 42.5 Å². The van der Waals surface area contributed by atoms with Crippen molar-refractivity contribution >= 4 is 16.7 Å². The van der Waals surface area contributed by atoms with Gasteiger partial charge in [0.2, 0.25) is 0 Å². The maximum Gasteiger partial charge on any atom is 0.165 e. The van der Waals surface area contributed by atoms with Gasteiger partial charge in [-0.3, -0.25) is 0 Å².